The fourth-order valence-corrected chi connectivity index (χ4v) is 9.02. The van der Waals surface area contributed by atoms with Crippen molar-refractivity contribution in [2.24, 2.45) is 29.6 Å². The summed E-state index contributed by atoms with van der Waals surface area (Å²) in [5, 5.41) is 2.95. The van der Waals surface area contributed by atoms with Crippen LogP contribution in [0.1, 0.15) is 87.7 Å². The zero-order valence-corrected chi connectivity index (χ0v) is 25.6. The van der Waals surface area contributed by atoms with Crippen LogP contribution in [0, 0.1) is 29.6 Å². The van der Waals surface area contributed by atoms with Gasteiger partial charge in [-0.1, -0.05) is 74.4 Å². The van der Waals surface area contributed by atoms with Crippen molar-refractivity contribution in [3.63, 3.8) is 0 Å². The molecule has 5 fully saturated rings. The topological polar surface area (TPSA) is 0 Å². The van der Waals surface area contributed by atoms with Gasteiger partial charge in [-0.3, -0.25) is 0 Å². The molecule has 0 unspecified atom stereocenters. The largest absolute Gasteiger partial charge is 0.164 e. The standard InChI is InChI=1S/C33H39.2ClH.Zr/c1-2-4-9-22(8-3-1)14-25-16-26-10-7-13-30(32(26)21-25)29-11-5-6-12-31(29)33-27-17-23-15-24(19-27)20-28(33)18-23;;;/h5-7,10-13,16,21-24,27-28,33H,1-4,8-9,14-15,17-20H2;2*1H;/q-1;;;. The number of hydrogen-bond donors (Lipinski definition) is 0. The Kier molecular flexibility index (Phi) is 9.62. The average Bonchev–Trinajstić information content (AvgIpc) is 3.05. The summed E-state index contributed by atoms with van der Waals surface area (Å²) in [7, 11) is 0. The van der Waals surface area contributed by atoms with Gasteiger partial charge in [0.05, 0.1) is 0 Å². The predicted molar refractivity (Wildman–Crippen MR) is 154 cm³/mol. The zero-order chi connectivity index (χ0) is 21.8. The van der Waals surface area contributed by atoms with E-state index in [-0.39, 0.29) is 51.0 Å². The molecule has 5 aliphatic carbocycles. The van der Waals surface area contributed by atoms with E-state index in [1.165, 1.54) is 98.9 Å². The van der Waals surface area contributed by atoms with E-state index in [1.807, 2.05) is 0 Å². The number of fused-ring (bicyclic) bond motifs is 1. The van der Waals surface area contributed by atoms with Gasteiger partial charge in [0.2, 0.25) is 0 Å². The van der Waals surface area contributed by atoms with E-state index >= 15 is 0 Å². The van der Waals surface area contributed by atoms with Gasteiger partial charge in [-0.15, -0.1) is 59.3 Å². The molecule has 0 spiro atoms. The van der Waals surface area contributed by atoms with Crippen LogP contribution in [0.3, 0.4) is 0 Å². The summed E-state index contributed by atoms with van der Waals surface area (Å²) in [5.41, 5.74) is 6.28. The third-order valence-corrected chi connectivity index (χ3v) is 10.1. The van der Waals surface area contributed by atoms with Crippen LogP contribution in [-0.2, 0) is 32.6 Å². The predicted octanol–water partition coefficient (Wildman–Crippen LogP) is 10.1. The van der Waals surface area contributed by atoms with Crippen LogP contribution >= 0.6 is 24.8 Å². The van der Waals surface area contributed by atoms with Crippen molar-refractivity contribution < 1.29 is 26.2 Å². The molecule has 0 aliphatic heterocycles. The van der Waals surface area contributed by atoms with Gasteiger partial charge in [-0.2, -0.15) is 6.07 Å². The number of rotatable bonds is 4. The second-order valence-electron chi connectivity index (χ2n) is 12.3. The average molecular weight is 600 g/mol. The molecule has 3 heteroatoms. The van der Waals surface area contributed by atoms with Crippen LogP contribution in [0.4, 0.5) is 0 Å². The van der Waals surface area contributed by atoms with Crippen molar-refractivity contribution in [3.8, 4) is 11.1 Å². The van der Waals surface area contributed by atoms with Gasteiger partial charge in [0.1, 0.15) is 0 Å². The van der Waals surface area contributed by atoms with E-state index in [0.717, 1.165) is 35.5 Å². The molecule has 0 nitrogen and oxygen atoms in total. The Balaban J connectivity index is 0.00000101. The molecule has 3 aromatic carbocycles. The Morgan fingerprint density at radius 2 is 1.33 bits per heavy atom. The number of hydrogen-bond acceptors (Lipinski definition) is 0. The van der Waals surface area contributed by atoms with Crippen LogP contribution in [0.15, 0.2) is 54.6 Å². The molecule has 4 bridgehead atoms. The molecule has 36 heavy (non-hydrogen) atoms. The molecule has 5 aliphatic rings. The van der Waals surface area contributed by atoms with Crippen LogP contribution in [-0.4, -0.2) is 0 Å². The molecule has 0 heterocycles. The first-order valence-electron chi connectivity index (χ1n) is 14.1. The van der Waals surface area contributed by atoms with Crippen LogP contribution in [0.5, 0.6) is 0 Å². The van der Waals surface area contributed by atoms with Gasteiger partial charge < -0.3 is 0 Å². The minimum Gasteiger partial charge on any atom is -0.164 e. The Morgan fingerprint density at radius 1 is 0.694 bits per heavy atom. The van der Waals surface area contributed by atoms with E-state index in [4.69, 9.17) is 0 Å². The quantitative estimate of drug-likeness (QED) is 0.207. The van der Waals surface area contributed by atoms with Gasteiger partial charge in [-0.25, -0.2) is 0 Å². The summed E-state index contributed by atoms with van der Waals surface area (Å²) in [6.45, 7) is 0. The van der Waals surface area contributed by atoms with Crippen LogP contribution in [0.2, 0.25) is 0 Å². The first-order valence-corrected chi connectivity index (χ1v) is 14.1. The van der Waals surface area contributed by atoms with Crippen molar-refractivity contribution in [2.75, 3.05) is 0 Å². The van der Waals surface area contributed by atoms with E-state index in [2.05, 4.69) is 54.6 Å². The first kappa shape index (κ1) is 28.5. The summed E-state index contributed by atoms with van der Waals surface area (Å²) in [6.07, 6.45) is 17.5. The number of halogens is 2. The van der Waals surface area contributed by atoms with Gasteiger partial charge in [-0.05, 0) is 85.2 Å². The smallest absolute Gasteiger partial charge is 0 e. The third-order valence-electron chi connectivity index (χ3n) is 10.1. The van der Waals surface area contributed by atoms with E-state index < -0.39 is 0 Å². The summed E-state index contributed by atoms with van der Waals surface area (Å²) in [4.78, 5) is 0. The van der Waals surface area contributed by atoms with E-state index in [9.17, 15) is 0 Å². The molecule has 0 atom stereocenters. The Bertz CT molecular complexity index is 1110. The van der Waals surface area contributed by atoms with Gasteiger partial charge in [0.25, 0.3) is 0 Å². The molecule has 3 aromatic rings. The normalized spacial score (nSPS) is 29.2. The van der Waals surface area contributed by atoms with E-state index in [1.54, 1.807) is 11.1 Å². The third kappa shape index (κ3) is 5.33. The maximum absolute atomic E-state index is 2.56. The molecular formula is C33H41Cl2Zr-. The van der Waals surface area contributed by atoms with Crippen molar-refractivity contribution in [1.82, 2.24) is 0 Å². The van der Waals surface area contributed by atoms with Crippen LogP contribution < -0.4 is 0 Å². The monoisotopic (exact) mass is 597 g/mol. The fourth-order valence-electron chi connectivity index (χ4n) is 9.02. The minimum atomic E-state index is 0. The summed E-state index contributed by atoms with van der Waals surface area (Å²) in [5.74, 6) is 5.65. The van der Waals surface area contributed by atoms with Gasteiger partial charge >= 0.3 is 0 Å². The molecule has 8 rings (SSSR count). The summed E-state index contributed by atoms with van der Waals surface area (Å²) < 4.78 is 0. The Morgan fingerprint density at radius 3 is 2.03 bits per heavy atom. The van der Waals surface area contributed by atoms with Crippen molar-refractivity contribution >= 4 is 35.6 Å². The maximum Gasteiger partial charge on any atom is 0 e. The summed E-state index contributed by atoms with van der Waals surface area (Å²) in [6, 6.07) is 21.7. The van der Waals surface area contributed by atoms with Crippen molar-refractivity contribution in [1.29, 1.82) is 0 Å². The van der Waals surface area contributed by atoms with Gasteiger partial charge in [0, 0.05) is 26.2 Å². The first-order chi connectivity index (χ1) is 16.3. The van der Waals surface area contributed by atoms with Crippen LogP contribution in [0.25, 0.3) is 21.9 Å². The maximum atomic E-state index is 2.56. The Labute approximate surface area is 249 Å². The molecule has 0 amide bonds. The van der Waals surface area contributed by atoms with Crippen molar-refractivity contribution in [2.45, 2.75) is 83.0 Å². The van der Waals surface area contributed by atoms with Gasteiger partial charge in [0.15, 0.2) is 0 Å². The zero-order valence-electron chi connectivity index (χ0n) is 21.5. The summed E-state index contributed by atoms with van der Waals surface area (Å²) >= 11 is 0. The Hall–Kier alpha value is -0.487. The minimum absolute atomic E-state index is 0. The number of benzene rings is 2. The molecule has 192 valence electrons. The fraction of sp³-hybridized carbons (Fsp3) is 0.545. The van der Waals surface area contributed by atoms with E-state index in [0.29, 0.717) is 0 Å². The second-order valence-corrected chi connectivity index (χ2v) is 12.3. The molecule has 0 radical (unpaired) electrons. The molecule has 0 saturated heterocycles. The van der Waals surface area contributed by atoms with Crippen molar-refractivity contribution in [3.05, 3.63) is 65.7 Å². The molecule has 5 saturated carbocycles. The second kappa shape index (κ2) is 12.1. The molecule has 0 N–H and O–H groups in total. The molecule has 0 aromatic heterocycles. The molecular weight excluding hydrogens is 558 g/mol. The SMILES string of the molecule is Cl.Cl.[Zr].c1ccc(C2C3CC4CC(C3)CC2C4)c(-c2cccc3[cH-]c(CC4CCCCCC4)cc23)c1.